The zero-order valence-electron chi connectivity index (χ0n) is 18.2. The smallest absolute Gasteiger partial charge is 0.238 e. The van der Waals surface area contributed by atoms with E-state index < -0.39 is 5.25 Å². The molecule has 4 rings (SSSR count). The number of fused-ring (bicyclic) bond motifs is 1. The summed E-state index contributed by atoms with van der Waals surface area (Å²) in [6.45, 7) is 2.92. The van der Waals surface area contributed by atoms with Crippen molar-refractivity contribution in [2.45, 2.75) is 42.9 Å². The number of amides is 3. The predicted octanol–water partition coefficient (Wildman–Crippen LogP) is 4.15. The van der Waals surface area contributed by atoms with E-state index in [1.165, 1.54) is 17.8 Å². The monoisotopic (exact) mass is 489 g/mol. The fourth-order valence-corrected chi connectivity index (χ4v) is 5.27. The Balaban J connectivity index is 1.25. The van der Waals surface area contributed by atoms with Gasteiger partial charge in [0.15, 0.2) is 0 Å². The van der Waals surface area contributed by atoms with Crippen LogP contribution in [0, 0.1) is 18.7 Å². The predicted molar refractivity (Wildman–Crippen MR) is 127 cm³/mol. The van der Waals surface area contributed by atoms with Crippen LogP contribution >= 0.6 is 23.4 Å². The molecule has 1 atom stereocenters. The molecule has 2 N–H and O–H groups in total. The van der Waals surface area contributed by atoms with E-state index in [1.54, 1.807) is 36.1 Å². The highest BCUT2D eigenvalue weighted by Gasteiger charge is 2.33. The molecule has 1 unspecified atom stereocenters. The normalized spacial score (nSPS) is 18.5. The fourth-order valence-electron chi connectivity index (χ4n) is 4.02. The minimum atomic E-state index is -0.498. The Morgan fingerprint density at radius 1 is 1.21 bits per heavy atom. The van der Waals surface area contributed by atoms with E-state index in [0.717, 1.165) is 4.90 Å². The summed E-state index contributed by atoms with van der Waals surface area (Å²) in [5.41, 5.74) is 1.95. The number of carbonyl (C=O) groups is 3. The third-order valence-electron chi connectivity index (χ3n) is 6.04. The summed E-state index contributed by atoms with van der Waals surface area (Å²) in [6, 6.07) is 10.2. The van der Waals surface area contributed by atoms with Crippen molar-refractivity contribution in [3.05, 3.63) is 58.4 Å². The van der Waals surface area contributed by atoms with Gasteiger partial charge in [-0.25, -0.2) is 4.39 Å². The van der Waals surface area contributed by atoms with Crippen LogP contribution in [0.4, 0.5) is 10.1 Å². The number of likely N-dealkylation sites (tertiary alicyclic amines) is 1. The maximum atomic E-state index is 13.7. The number of aryl methyl sites for hydroxylation is 1. The first-order chi connectivity index (χ1) is 15.8. The molecule has 2 heterocycles. The van der Waals surface area contributed by atoms with Crippen LogP contribution < -0.4 is 10.6 Å². The van der Waals surface area contributed by atoms with Gasteiger partial charge in [0.2, 0.25) is 17.7 Å². The Bertz CT molecular complexity index is 1090. The number of nitrogens with zero attached hydrogens (tertiary/aromatic N) is 1. The summed E-state index contributed by atoms with van der Waals surface area (Å²) < 4.78 is 13.7. The van der Waals surface area contributed by atoms with Crippen molar-refractivity contribution in [3.63, 3.8) is 0 Å². The number of benzene rings is 2. The van der Waals surface area contributed by atoms with Crippen LogP contribution in [0.2, 0.25) is 5.02 Å². The van der Waals surface area contributed by atoms with Crippen molar-refractivity contribution >= 4 is 46.8 Å². The standard InChI is InChI=1S/C24H25ClFN3O3S/c1-14-2-3-15(10-18(14)26)13-27-23(31)16-6-8-29(9-7-16)22(30)12-21-24(32)28-19-11-17(25)4-5-20(19)33-21/h2-5,10-11,16,21H,6-9,12-13H2,1H3,(H,27,31)(H,28,32). The molecule has 0 aromatic heterocycles. The van der Waals surface area contributed by atoms with Gasteiger partial charge in [-0.1, -0.05) is 23.7 Å². The maximum absolute atomic E-state index is 13.7. The van der Waals surface area contributed by atoms with Gasteiger partial charge < -0.3 is 15.5 Å². The van der Waals surface area contributed by atoms with Crippen LogP contribution in [-0.2, 0) is 20.9 Å². The Hall–Kier alpha value is -2.58. The van der Waals surface area contributed by atoms with Crippen molar-refractivity contribution in [1.82, 2.24) is 10.2 Å². The molecule has 2 aromatic carbocycles. The third kappa shape index (κ3) is 5.68. The zero-order chi connectivity index (χ0) is 23.5. The molecule has 9 heteroatoms. The number of thioether (sulfide) groups is 1. The topological polar surface area (TPSA) is 78.5 Å². The average molecular weight is 490 g/mol. The minimum Gasteiger partial charge on any atom is -0.352 e. The Morgan fingerprint density at radius 3 is 2.70 bits per heavy atom. The first kappa shape index (κ1) is 23.6. The van der Waals surface area contributed by atoms with Gasteiger partial charge in [0.1, 0.15) is 5.82 Å². The number of halogens is 2. The molecular weight excluding hydrogens is 465 g/mol. The van der Waals surface area contributed by atoms with E-state index >= 15 is 0 Å². The van der Waals surface area contributed by atoms with Gasteiger partial charge in [0.25, 0.3) is 0 Å². The first-order valence-electron chi connectivity index (χ1n) is 10.9. The largest absolute Gasteiger partial charge is 0.352 e. The second-order valence-electron chi connectivity index (χ2n) is 8.40. The van der Waals surface area contributed by atoms with Gasteiger partial charge in [-0.15, -0.1) is 11.8 Å². The van der Waals surface area contributed by atoms with Gasteiger partial charge in [-0.05, 0) is 55.2 Å². The van der Waals surface area contributed by atoms with E-state index in [2.05, 4.69) is 10.6 Å². The Labute approximate surface area is 201 Å². The van der Waals surface area contributed by atoms with E-state index in [1.807, 2.05) is 6.07 Å². The van der Waals surface area contributed by atoms with Crippen LogP contribution in [0.15, 0.2) is 41.3 Å². The second-order valence-corrected chi connectivity index (χ2v) is 10.1. The molecule has 33 heavy (non-hydrogen) atoms. The number of rotatable bonds is 5. The SMILES string of the molecule is Cc1ccc(CNC(=O)C2CCN(C(=O)CC3Sc4ccc(Cl)cc4NC3=O)CC2)cc1F. The maximum Gasteiger partial charge on any atom is 0.238 e. The van der Waals surface area contributed by atoms with E-state index in [4.69, 9.17) is 11.6 Å². The van der Waals surface area contributed by atoms with Crippen molar-refractivity contribution in [3.8, 4) is 0 Å². The lowest BCUT2D eigenvalue weighted by Gasteiger charge is -2.33. The summed E-state index contributed by atoms with van der Waals surface area (Å²) in [4.78, 5) is 40.4. The molecule has 0 radical (unpaired) electrons. The number of carbonyl (C=O) groups excluding carboxylic acids is 3. The first-order valence-corrected chi connectivity index (χ1v) is 12.1. The second kappa shape index (κ2) is 10.1. The van der Waals surface area contributed by atoms with Crippen LogP contribution in [0.1, 0.15) is 30.4 Å². The lowest BCUT2D eigenvalue weighted by molar-refractivity contribution is -0.136. The molecule has 0 spiro atoms. The molecule has 0 bridgehead atoms. The summed E-state index contributed by atoms with van der Waals surface area (Å²) >= 11 is 7.35. The van der Waals surface area contributed by atoms with Crippen molar-refractivity contribution in [1.29, 1.82) is 0 Å². The van der Waals surface area contributed by atoms with Crippen molar-refractivity contribution < 1.29 is 18.8 Å². The minimum absolute atomic E-state index is 0.0828. The highest BCUT2D eigenvalue weighted by atomic mass is 35.5. The summed E-state index contributed by atoms with van der Waals surface area (Å²) in [5, 5.41) is 5.74. The Kier molecular flexibility index (Phi) is 7.24. The van der Waals surface area contributed by atoms with Crippen molar-refractivity contribution in [2.24, 2.45) is 5.92 Å². The number of hydrogen-bond donors (Lipinski definition) is 2. The molecule has 6 nitrogen and oxygen atoms in total. The van der Waals surface area contributed by atoms with Crippen LogP contribution in [0.25, 0.3) is 0 Å². The van der Waals surface area contributed by atoms with Gasteiger partial charge in [0, 0.05) is 41.9 Å². The van der Waals surface area contributed by atoms with Gasteiger partial charge in [-0.2, -0.15) is 0 Å². The number of hydrogen-bond acceptors (Lipinski definition) is 4. The highest BCUT2D eigenvalue weighted by Crippen LogP contribution is 2.38. The molecule has 2 aliphatic heterocycles. The number of piperidine rings is 1. The van der Waals surface area contributed by atoms with Crippen LogP contribution in [0.5, 0.6) is 0 Å². The molecular formula is C24H25ClFN3O3S. The summed E-state index contributed by atoms with van der Waals surface area (Å²) in [5.74, 6) is -0.849. The fraction of sp³-hybridized carbons (Fsp3) is 0.375. The lowest BCUT2D eigenvalue weighted by atomic mass is 9.95. The van der Waals surface area contributed by atoms with E-state index in [0.29, 0.717) is 47.8 Å². The number of nitrogens with one attached hydrogen (secondary N) is 2. The van der Waals surface area contributed by atoms with Gasteiger partial charge in [0.05, 0.1) is 10.9 Å². The quantitative estimate of drug-likeness (QED) is 0.661. The number of anilines is 1. The summed E-state index contributed by atoms with van der Waals surface area (Å²) in [6.07, 6.45) is 1.23. The molecule has 0 aliphatic carbocycles. The molecule has 2 aromatic rings. The molecule has 1 saturated heterocycles. The Morgan fingerprint density at radius 2 is 1.97 bits per heavy atom. The van der Waals surface area contributed by atoms with Crippen molar-refractivity contribution in [2.75, 3.05) is 18.4 Å². The van der Waals surface area contributed by atoms with Crippen LogP contribution in [-0.4, -0.2) is 41.0 Å². The zero-order valence-corrected chi connectivity index (χ0v) is 19.8. The molecule has 1 fully saturated rings. The highest BCUT2D eigenvalue weighted by molar-refractivity contribution is 8.01. The van der Waals surface area contributed by atoms with E-state index in [-0.39, 0.29) is 42.4 Å². The molecule has 2 aliphatic rings. The summed E-state index contributed by atoms with van der Waals surface area (Å²) in [7, 11) is 0. The van der Waals surface area contributed by atoms with Crippen LogP contribution in [0.3, 0.4) is 0 Å². The lowest BCUT2D eigenvalue weighted by Crippen LogP contribution is -2.44. The van der Waals surface area contributed by atoms with Gasteiger partial charge >= 0.3 is 0 Å². The molecule has 0 saturated carbocycles. The average Bonchev–Trinajstić information content (AvgIpc) is 2.80. The van der Waals surface area contributed by atoms with E-state index in [9.17, 15) is 18.8 Å². The third-order valence-corrected chi connectivity index (χ3v) is 7.55. The molecule has 174 valence electrons. The molecule has 3 amide bonds. The van der Waals surface area contributed by atoms with Gasteiger partial charge in [-0.3, -0.25) is 14.4 Å².